The minimum atomic E-state index is -3.80. The highest BCUT2D eigenvalue weighted by Crippen LogP contribution is 2.26. The molecule has 44 heavy (non-hydrogen) atoms. The predicted molar refractivity (Wildman–Crippen MR) is 176 cm³/mol. The zero-order valence-electron chi connectivity index (χ0n) is 26.5. The van der Waals surface area contributed by atoms with E-state index in [9.17, 15) is 18.0 Å². The van der Waals surface area contributed by atoms with Crippen molar-refractivity contribution < 1.29 is 26.6 Å². The van der Waals surface area contributed by atoms with Crippen molar-refractivity contribution >= 4 is 40.1 Å². The van der Waals surface area contributed by atoms with Crippen LogP contribution in [-0.4, -0.2) is 58.7 Å². The Morgan fingerprint density at radius 3 is 1.91 bits per heavy atom. The van der Waals surface area contributed by atoms with E-state index in [0.29, 0.717) is 25.9 Å². The van der Waals surface area contributed by atoms with E-state index >= 15 is 0 Å². The number of carbonyl (C=O) groups excluding carboxylic acids is 2. The Kier molecular flexibility index (Phi) is 11.0. The first-order valence-electron chi connectivity index (χ1n) is 15.4. The molecular weight excluding hydrogens is 591 g/mol. The Hall–Kier alpha value is -3.11. The van der Waals surface area contributed by atoms with E-state index in [4.69, 9.17) is 8.61 Å². The third kappa shape index (κ3) is 8.32. The molecule has 1 amide bonds. The number of amides is 1. The smallest absolute Gasteiger partial charge is 0.328 e. The van der Waals surface area contributed by atoms with Gasteiger partial charge in [-0.05, 0) is 66.9 Å². The maximum Gasteiger partial charge on any atom is 0.328 e. The number of likely N-dealkylation sites (tertiary alicyclic amines) is 1. The molecular formula is C35H45NO6SSi. The fraction of sp³-hybridized carbons (Fsp3) is 0.429. The molecule has 1 atom stereocenters. The average Bonchev–Trinajstić information content (AvgIpc) is 3.00. The van der Waals surface area contributed by atoms with E-state index in [1.54, 1.807) is 31.2 Å². The van der Waals surface area contributed by atoms with Crippen molar-refractivity contribution in [1.29, 1.82) is 0 Å². The van der Waals surface area contributed by atoms with Gasteiger partial charge in [-0.25, -0.2) is 0 Å². The van der Waals surface area contributed by atoms with Crippen LogP contribution < -0.4 is 10.4 Å². The van der Waals surface area contributed by atoms with Gasteiger partial charge in [0.05, 0.1) is 11.5 Å². The van der Waals surface area contributed by atoms with E-state index < -0.39 is 24.5 Å². The molecule has 9 heteroatoms. The molecule has 1 aliphatic heterocycles. The van der Waals surface area contributed by atoms with Crippen LogP contribution in [0.1, 0.15) is 58.9 Å². The van der Waals surface area contributed by atoms with Gasteiger partial charge in [0.15, 0.2) is 5.41 Å². The van der Waals surface area contributed by atoms with Crippen LogP contribution in [0, 0.1) is 18.3 Å². The van der Waals surface area contributed by atoms with Gasteiger partial charge >= 0.3 is 8.32 Å². The normalized spacial score (nSPS) is 15.6. The molecule has 0 aromatic heterocycles. The number of hydrogen-bond donors (Lipinski definition) is 0. The molecule has 7 nitrogen and oxygen atoms in total. The summed E-state index contributed by atoms with van der Waals surface area (Å²) >= 11 is 0. The van der Waals surface area contributed by atoms with Crippen LogP contribution in [0.3, 0.4) is 0 Å². The Balaban J connectivity index is 1.43. The number of rotatable bonds is 12. The fourth-order valence-corrected chi connectivity index (χ4v) is 10.8. The topological polar surface area (TPSA) is 90.0 Å². The first-order chi connectivity index (χ1) is 20.8. The Morgan fingerprint density at radius 1 is 0.886 bits per heavy atom. The van der Waals surface area contributed by atoms with Crippen LogP contribution >= 0.6 is 0 Å². The highest BCUT2D eigenvalue weighted by atomic mass is 32.2. The SMILES string of the molecule is Cc1ccc(S(=O)(=O)OCCC2CCN(C(=O)[C@@H](C)O[Si](C(=O)CC(C)(C)C)(c3ccccc3)c3ccccc3)CC2)cc1. The zero-order chi connectivity index (χ0) is 32.0. The van der Waals surface area contributed by atoms with E-state index in [1.165, 1.54) is 0 Å². The molecule has 3 aromatic carbocycles. The van der Waals surface area contributed by atoms with Crippen LogP contribution in [0.4, 0.5) is 0 Å². The van der Waals surface area contributed by atoms with Crippen LogP contribution in [-0.2, 0) is 28.3 Å². The molecule has 1 heterocycles. The Bertz CT molecular complexity index is 1460. The van der Waals surface area contributed by atoms with Gasteiger partial charge in [-0.1, -0.05) is 99.1 Å². The van der Waals surface area contributed by atoms with Gasteiger partial charge in [0.1, 0.15) is 6.10 Å². The average molecular weight is 636 g/mol. The van der Waals surface area contributed by atoms with Gasteiger partial charge in [0, 0.05) is 19.5 Å². The molecule has 3 aromatic rings. The van der Waals surface area contributed by atoms with E-state index in [2.05, 4.69) is 0 Å². The van der Waals surface area contributed by atoms with Crippen molar-refractivity contribution in [2.75, 3.05) is 19.7 Å². The van der Waals surface area contributed by atoms with Crippen molar-refractivity contribution in [3.8, 4) is 0 Å². The molecule has 1 fully saturated rings. The summed E-state index contributed by atoms with van der Waals surface area (Å²) in [6.07, 6.45) is 1.60. The van der Waals surface area contributed by atoms with Crippen LogP contribution in [0.25, 0.3) is 0 Å². The predicted octanol–water partition coefficient (Wildman–Crippen LogP) is 5.04. The fourth-order valence-electron chi connectivity index (χ4n) is 5.75. The van der Waals surface area contributed by atoms with E-state index in [-0.39, 0.29) is 34.1 Å². The molecule has 1 saturated heterocycles. The quantitative estimate of drug-likeness (QED) is 0.205. The molecule has 0 saturated carbocycles. The summed E-state index contributed by atoms with van der Waals surface area (Å²) in [5, 5.41) is 1.71. The second-order valence-corrected chi connectivity index (χ2v) is 17.9. The van der Waals surface area contributed by atoms with Crippen LogP contribution in [0.15, 0.2) is 89.8 Å². The number of carbonyl (C=O) groups is 2. The van der Waals surface area contributed by atoms with E-state index in [0.717, 1.165) is 28.8 Å². The summed E-state index contributed by atoms with van der Waals surface area (Å²) in [4.78, 5) is 30.1. The number of benzene rings is 3. The summed E-state index contributed by atoms with van der Waals surface area (Å²) in [6, 6.07) is 25.9. The highest BCUT2D eigenvalue weighted by Gasteiger charge is 2.50. The second-order valence-electron chi connectivity index (χ2n) is 13.0. The molecule has 0 bridgehead atoms. The lowest BCUT2D eigenvalue weighted by molar-refractivity contribution is -0.139. The molecule has 0 unspecified atom stereocenters. The monoisotopic (exact) mass is 635 g/mol. The summed E-state index contributed by atoms with van der Waals surface area (Å²) < 4.78 is 37.2. The van der Waals surface area contributed by atoms with E-state index in [1.807, 2.05) is 93.3 Å². The van der Waals surface area contributed by atoms with Crippen LogP contribution in [0.2, 0.25) is 0 Å². The standard InChI is InChI=1S/C35H45NO6SSi/c1-27-16-18-30(19-17-27)43(39,40)41-25-22-29-20-23-36(24-21-29)34(38)28(2)42-44(31-12-8-6-9-13-31,32-14-10-7-11-15-32)33(37)26-35(3,4)5/h6-19,28-29H,20-26H2,1-5H3/t28-/m1/s1. The maximum atomic E-state index is 14.3. The van der Waals surface area contributed by atoms with Gasteiger partial charge in [0.25, 0.3) is 10.1 Å². The largest absolute Gasteiger partial charge is 0.390 e. The first-order valence-corrected chi connectivity index (χ1v) is 18.7. The lowest BCUT2D eigenvalue weighted by Crippen LogP contribution is -2.69. The van der Waals surface area contributed by atoms with Crippen LogP contribution in [0.5, 0.6) is 0 Å². The minimum Gasteiger partial charge on any atom is -0.390 e. The van der Waals surface area contributed by atoms with Gasteiger partial charge < -0.3 is 14.1 Å². The van der Waals surface area contributed by atoms with Gasteiger partial charge in [-0.3, -0.25) is 8.98 Å². The Morgan fingerprint density at radius 2 is 1.41 bits per heavy atom. The van der Waals surface area contributed by atoms with Gasteiger partial charge in [-0.15, -0.1) is 0 Å². The second kappa shape index (κ2) is 14.3. The van der Waals surface area contributed by atoms with Crippen molar-refractivity contribution in [2.24, 2.45) is 11.3 Å². The zero-order valence-corrected chi connectivity index (χ0v) is 28.3. The summed E-state index contributed by atoms with van der Waals surface area (Å²) in [5.41, 5.74) is 0.732. The number of nitrogens with zero attached hydrogens (tertiary/aromatic N) is 1. The minimum absolute atomic E-state index is 0.0429. The van der Waals surface area contributed by atoms with Gasteiger partial charge in [0.2, 0.25) is 5.91 Å². The molecule has 0 N–H and O–H groups in total. The molecule has 0 spiro atoms. The van der Waals surface area contributed by atoms with Crippen molar-refractivity contribution in [2.45, 2.75) is 71.3 Å². The Labute approximate surface area is 263 Å². The first kappa shape index (κ1) is 33.8. The van der Waals surface area contributed by atoms with Crippen molar-refractivity contribution in [3.63, 3.8) is 0 Å². The number of piperidine rings is 1. The number of aryl methyl sites for hydroxylation is 1. The lowest BCUT2D eigenvalue weighted by atomic mass is 9.93. The molecule has 4 rings (SSSR count). The summed E-state index contributed by atoms with van der Waals surface area (Å²) in [5.74, 6) is 0.118. The molecule has 0 aliphatic carbocycles. The number of hydrogen-bond acceptors (Lipinski definition) is 6. The summed E-state index contributed by atoms with van der Waals surface area (Å²) in [7, 11) is -7.29. The summed E-state index contributed by atoms with van der Waals surface area (Å²) in [6.45, 7) is 11.0. The molecule has 236 valence electrons. The van der Waals surface area contributed by atoms with Gasteiger partial charge in [-0.2, -0.15) is 8.42 Å². The van der Waals surface area contributed by atoms with Crippen molar-refractivity contribution in [3.05, 3.63) is 90.5 Å². The third-order valence-electron chi connectivity index (χ3n) is 8.15. The van der Waals surface area contributed by atoms with Crippen molar-refractivity contribution in [1.82, 2.24) is 4.90 Å². The third-order valence-corrected chi connectivity index (χ3v) is 13.4. The maximum absolute atomic E-state index is 14.3. The highest BCUT2D eigenvalue weighted by molar-refractivity contribution is 7.86. The molecule has 0 radical (unpaired) electrons. The lowest BCUT2D eigenvalue weighted by Gasteiger charge is -2.38. The molecule has 1 aliphatic rings.